The van der Waals surface area contributed by atoms with Crippen LogP contribution in [-0.2, 0) is 16.0 Å². The lowest BCUT2D eigenvalue weighted by molar-refractivity contribution is -0.148. The first-order valence-corrected chi connectivity index (χ1v) is 7.28. The van der Waals surface area contributed by atoms with Crippen molar-refractivity contribution in [2.24, 2.45) is 11.7 Å². The summed E-state index contributed by atoms with van der Waals surface area (Å²) < 4.78 is 0.855. The first-order valence-electron chi connectivity index (χ1n) is 6.48. The van der Waals surface area contributed by atoms with Crippen molar-refractivity contribution in [2.75, 3.05) is 13.1 Å². The third-order valence-electron chi connectivity index (χ3n) is 3.60. The molecule has 2 atom stereocenters. The number of halogens is 1. The summed E-state index contributed by atoms with van der Waals surface area (Å²) in [5, 5.41) is 9.42. The van der Waals surface area contributed by atoms with E-state index in [-0.39, 0.29) is 11.8 Å². The number of carbonyl (C=O) groups is 2. The second-order valence-corrected chi connectivity index (χ2v) is 5.86. The number of carbonyl (C=O) groups excluding carboxylic acids is 1. The van der Waals surface area contributed by atoms with Crippen molar-refractivity contribution in [1.82, 2.24) is 4.90 Å². The highest BCUT2D eigenvalue weighted by molar-refractivity contribution is 9.10. The Labute approximate surface area is 125 Å². The van der Waals surface area contributed by atoms with Crippen LogP contribution in [0.25, 0.3) is 0 Å². The molecule has 0 bridgehead atoms. The van der Waals surface area contributed by atoms with Crippen molar-refractivity contribution in [3.63, 3.8) is 0 Å². The lowest BCUT2D eigenvalue weighted by Crippen LogP contribution is -2.44. The van der Waals surface area contributed by atoms with Gasteiger partial charge in [0, 0.05) is 23.9 Å². The summed E-state index contributed by atoms with van der Waals surface area (Å²) in [6, 6.07) is 6.62. The van der Waals surface area contributed by atoms with Gasteiger partial charge in [-0.1, -0.05) is 34.1 Å². The zero-order valence-corrected chi connectivity index (χ0v) is 12.5. The SMILES string of the molecule is NCC1CC(=O)N([C@H](Cc2ccccc2Br)C(=O)O)C1. The zero-order chi connectivity index (χ0) is 14.7. The minimum Gasteiger partial charge on any atom is -0.480 e. The maximum absolute atomic E-state index is 12.0. The number of carboxylic acid groups (broad SMARTS) is 1. The summed E-state index contributed by atoms with van der Waals surface area (Å²) in [4.78, 5) is 24.9. The predicted octanol–water partition coefficient (Wildman–Crippen LogP) is 1.25. The van der Waals surface area contributed by atoms with E-state index in [1.54, 1.807) is 0 Å². The third-order valence-corrected chi connectivity index (χ3v) is 4.38. The average molecular weight is 341 g/mol. The first-order chi connectivity index (χ1) is 9.52. The molecule has 3 N–H and O–H groups in total. The van der Waals surface area contributed by atoms with Crippen LogP contribution in [0.5, 0.6) is 0 Å². The highest BCUT2D eigenvalue weighted by Crippen LogP contribution is 2.24. The molecule has 1 saturated heterocycles. The maximum Gasteiger partial charge on any atom is 0.326 e. The normalized spacial score (nSPS) is 20.2. The molecule has 0 radical (unpaired) electrons. The van der Waals surface area contributed by atoms with Crippen molar-refractivity contribution < 1.29 is 14.7 Å². The molecule has 0 aromatic heterocycles. The van der Waals surface area contributed by atoms with Crippen molar-refractivity contribution in [1.29, 1.82) is 0 Å². The van der Waals surface area contributed by atoms with Crippen molar-refractivity contribution in [2.45, 2.75) is 18.9 Å². The molecule has 0 spiro atoms. The van der Waals surface area contributed by atoms with Gasteiger partial charge in [-0.05, 0) is 24.1 Å². The number of nitrogens with two attached hydrogens (primary N) is 1. The number of carboxylic acids is 1. The van der Waals surface area contributed by atoms with Gasteiger partial charge in [0.05, 0.1) is 0 Å². The van der Waals surface area contributed by atoms with Gasteiger partial charge in [-0.15, -0.1) is 0 Å². The van der Waals surface area contributed by atoms with Gasteiger partial charge in [0.15, 0.2) is 0 Å². The number of nitrogens with zero attached hydrogens (tertiary/aromatic N) is 1. The lowest BCUT2D eigenvalue weighted by Gasteiger charge is -2.25. The number of hydrogen-bond donors (Lipinski definition) is 2. The number of rotatable bonds is 5. The largest absolute Gasteiger partial charge is 0.480 e. The Morgan fingerprint density at radius 1 is 1.50 bits per heavy atom. The molecule has 1 aliphatic rings. The Morgan fingerprint density at radius 2 is 2.20 bits per heavy atom. The maximum atomic E-state index is 12.0. The minimum absolute atomic E-state index is 0.0589. The Kier molecular flexibility index (Phi) is 4.77. The van der Waals surface area contributed by atoms with E-state index in [1.165, 1.54) is 4.90 Å². The average Bonchev–Trinajstić information content (AvgIpc) is 2.78. The number of likely N-dealkylation sites (tertiary alicyclic amines) is 1. The fourth-order valence-electron chi connectivity index (χ4n) is 2.47. The molecule has 20 heavy (non-hydrogen) atoms. The molecule has 1 heterocycles. The second kappa shape index (κ2) is 6.37. The molecule has 1 unspecified atom stereocenters. The molecule has 6 heteroatoms. The van der Waals surface area contributed by atoms with Gasteiger partial charge < -0.3 is 15.7 Å². The molecular weight excluding hydrogens is 324 g/mol. The highest BCUT2D eigenvalue weighted by atomic mass is 79.9. The van der Waals surface area contributed by atoms with Crippen LogP contribution in [0.2, 0.25) is 0 Å². The van der Waals surface area contributed by atoms with E-state index in [9.17, 15) is 14.7 Å². The van der Waals surface area contributed by atoms with Crippen LogP contribution in [0, 0.1) is 5.92 Å². The monoisotopic (exact) mass is 340 g/mol. The molecule has 108 valence electrons. The van der Waals surface area contributed by atoms with Crippen LogP contribution in [-0.4, -0.2) is 41.0 Å². The topological polar surface area (TPSA) is 83.6 Å². The van der Waals surface area contributed by atoms with Crippen LogP contribution in [0.3, 0.4) is 0 Å². The Hall–Kier alpha value is -1.40. The fourth-order valence-corrected chi connectivity index (χ4v) is 2.92. The van der Waals surface area contributed by atoms with E-state index in [1.807, 2.05) is 24.3 Å². The Morgan fingerprint density at radius 3 is 2.75 bits per heavy atom. The van der Waals surface area contributed by atoms with Crippen LogP contribution in [0.4, 0.5) is 0 Å². The molecule has 1 aromatic carbocycles. The standard InChI is InChI=1S/C14H17BrN2O3/c15-11-4-2-1-3-10(11)6-12(14(19)20)17-8-9(7-16)5-13(17)18/h1-4,9,12H,5-8,16H2,(H,19,20)/t9?,12-/m1/s1. The molecule has 5 nitrogen and oxygen atoms in total. The van der Waals surface area contributed by atoms with E-state index in [0.29, 0.717) is 25.9 Å². The number of benzene rings is 1. The zero-order valence-electron chi connectivity index (χ0n) is 11.0. The van der Waals surface area contributed by atoms with Crippen molar-refractivity contribution in [3.8, 4) is 0 Å². The van der Waals surface area contributed by atoms with Gasteiger partial charge in [-0.3, -0.25) is 4.79 Å². The summed E-state index contributed by atoms with van der Waals surface area (Å²) in [6.07, 6.45) is 0.635. The van der Waals surface area contributed by atoms with E-state index in [2.05, 4.69) is 15.9 Å². The van der Waals surface area contributed by atoms with Gasteiger partial charge in [-0.25, -0.2) is 4.79 Å². The van der Waals surface area contributed by atoms with Gasteiger partial charge in [-0.2, -0.15) is 0 Å². The molecule has 1 aromatic rings. The van der Waals surface area contributed by atoms with E-state index < -0.39 is 12.0 Å². The smallest absolute Gasteiger partial charge is 0.326 e. The fraction of sp³-hybridized carbons (Fsp3) is 0.429. The Bertz CT molecular complexity index is 521. The predicted molar refractivity (Wildman–Crippen MR) is 78.1 cm³/mol. The van der Waals surface area contributed by atoms with Crippen LogP contribution >= 0.6 is 15.9 Å². The first kappa shape index (κ1) is 15.0. The molecule has 1 fully saturated rings. The van der Waals surface area contributed by atoms with Gasteiger partial charge in [0.25, 0.3) is 0 Å². The lowest BCUT2D eigenvalue weighted by atomic mass is 10.0. The summed E-state index contributed by atoms with van der Waals surface area (Å²) in [7, 11) is 0. The van der Waals surface area contributed by atoms with Crippen LogP contribution in [0.1, 0.15) is 12.0 Å². The Balaban J connectivity index is 2.18. The number of aliphatic carboxylic acids is 1. The molecule has 1 aliphatic heterocycles. The summed E-state index contributed by atoms with van der Waals surface area (Å²) in [5.41, 5.74) is 6.46. The highest BCUT2D eigenvalue weighted by Gasteiger charge is 2.37. The molecule has 1 amide bonds. The number of amides is 1. The second-order valence-electron chi connectivity index (χ2n) is 5.00. The molecule has 2 rings (SSSR count). The molecule has 0 saturated carbocycles. The van der Waals surface area contributed by atoms with E-state index >= 15 is 0 Å². The minimum atomic E-state index is -0.980. The van der Waals surface area contributed by atoms with Gasteiger partial charge in [0.1, 0.15) is 6.04 Å². The number of hydrogen-bond acceptors (Lipinski definition) is 3. The third kappa shape index (κ3) is 3.19. The van der Waals surface area contributed by atoms with Gasteiger partial charge in [0.2, 0.25) is 5.91 Å². The van der Waals surface area contributed by atoms with E-state index in [4.69, 9.17) is 5.73 Å². The van der Waals surface area contributed by atoms with E-state index in [0.717, 1.165) is 10.0 Å². The van der Waals surface area contributed by atoms with Gasteiger partial charge >= 0.3 is 5.97 Å². The van der Waals surface area contributed by atoms with Crippen molar-refractivity contribution in [3.05, 3.63) is 34.3 Å². The summed E-state index contributed by atoms with van der Waals surface area (Å²) in [6.45, 7) is 0.834. The quantitative estimate of drug-likeness (QED) is 0.844. The van der Waals surface area contributed by atoms with Crippen LogP contribution in [0.15, 0.2) is 28.7 Å². The van der Waals surface area contributed by atoms with Crippen molar-refractivity contribution >= 4 is 27.8 Å². The van der Waals surface area contributed by atoms with Crippen LogP contribution < -0.4 is 5.73 Å². The molecular formula is C14H17BrN2O3. The molecule has 0 aliphatic carbocycles. The summed E-state index contributed by atoms with van der Waals surface area (Å²) >= 11 is 3.41. The summed E-state index contributed by atoms with van der Waals surface area (Å²) in [5.74, 6) is -1.05.